The fraction of sp³-hybridized carbons (Fsp3) is 0.571. The van der Waals surface area contributed by atoms with E-state index in [0.29, 0.717) is 18.4 Å². The van der Waals surface area contributed by atoms with Crippen LogP contribution in [0.3, 0.4) is 0 Å². The lowest BCUT2D eigenvalue weighted by Gasteiger charge is -2.38. The first kappa shape index (κ1) is 22.5. The standard InChI is InChI=1S/C28H37N3O2/c32-28(10-9-22-5-3-13-29-19-22)31(21-27-8-4-16-33-27)20-23-11-14-30(15-12-23)26-17-24-6-1-2-7-25(24)18-26/h1-3,5-7,13,19,23,26-27H,4,8-12,14-18,20-21H2. The molecule has 2 fully saturated rings. The van der Waals surface area contributed by atoms with Gasteiger partial charge >= 0.3 is 0 Å². The molecule has 0 spiro atoms. The molecule has 5 rings (SSSR count). The molecule has 1 aliphatic carbocycles. The van der Waals surface area contributed by atoms with Crippen molar-refractivity contribution in [2.75, 3.05) is 32.8 Å². The zero-order valence-corrected chi connectivity index (χ0v) is 19.7. The van der Waals surface area contributed by atoms with Crippen LogP contribution in [0.5, 0.6) is 0 Å². The summed E-state index contributed by atoms with van der Waals surface area (Å²) in [5, 5.41) is 0. The molecule has 2 aromatic rings. The number of benzene rings is 1. The minimum absolute atomic E-state index is 0.212. The maximum Gasteiger partial charge on any atom is 0.222 e. The summed E-state index contributed by atoms with van der Waals surface area (Å²) in [6.07, 6.45) is 12.1. The molecule has 2 saturated heterocycles. The van der Waals surface area contributed by atoms with E-state index in [1.165, 1.54) is 36.8 Å². The second kappa shape index (κ2) is 10.8. The molecular formula is C28H37N3O2. The minimum Gasteiger partial charge on any atom is -0.376 e. The maximum atomic E-state index is 13.2. The normalized spacial score (nSPS) is 21.9. The zero-order valence-electron chi connectivity index (χ0n) is 19.7. The third kappa shape index (κ3) is 5.82. The molecular weight excluding hydrogens is 410 g/mol. The number of piperidine rings is 1. The van der Waals surface area contributed by atoms with Crippen molar-refractivity contribution in [1.82, 2.24) is 14.8 Å². The molecule has 0 bridgehead atoms. The molecule has 0 radical (unpaired) electrons. The van der Waals surface area contributed by atoms with E-state index < -0.39 is 0 Å². The van der Waals surface area contributed by atoms with E-state index in [1.807, 2.05) is 12.3 Å². The number of ether oxygens (including phenoxy) is 1. The lowest BCUT2D eigenvalue weighted by molar-refractivity contribution is -0.133. The Labute approximate surface area is 198 Å². The Morgan fingerprint density at radius 1 is 1.03 bits per heavy atom. The molecule has 5 heteroatoms. The molecule has 176 valence electrons. The van der Waals surface area contributed by atoms with Gasteiger partial charge in [-0.25, -0.2) is 0 Å². The van der Waals surface area contributed by atoms with Crippen LogP contribution in [0.4, 0.5) is 0 Å². The zero-order chi connectivity index (χ0) is 22.5. The van der Waals surface area contributed by atoms with Gasteiger partial charge in [-0.2, -0.15) is 0 Å². The minimum atomic E-state index is 0.212. The highest BCUT2D eigenvalue weighted by atomic mass is 16.5. The Bertz CT molecular complexity index is 879. The quantitative estimate of drug-likeness (QED) is 0.616. The molecule has 1 atom stereocenters. The first-order valence-corrected chi connectivity index (χ1v) is 12.8. The predicted molar refractivity (Wildman–Crippen MR) is 130 cm³/mol. The summed E-state index contributed by atoms with van der Waals surface area (Å²) in [4.78, 5) is 22.2. The third-order valence-electron chi connectivity index (χ3n) is 7.82. The average molecular weight is 448 g/mol. The second-order valence-electron chi connectivity index (χ2n) is 10.1. The van der Waals surface area contributed by atoms with Crippen LogP contribution in [0, 0.1) is 5.92 Å². The second-order valence-corrected chi connectivity index (χ2v) is 10.1. The third-order valence-corrected chi connectivity index (χ3v) is 7.82. The molecule has 3 heterocycles. The van der Waals surface area contributed by atoms with Crippen molar-refractivity contribution in [3.05, 3.63) is 65.5 Å². The summed E-state index contributed by atoms with van der Waals surface area (Å²) in [7, 11) is 0. The topological polar surface area (TPSA) is 45.7 Å². The molecule has 5 nitrogen and oxygen atoms in total. The van der Waals surface area contributed by atoms with Gasteiger partial charge in [-0.3, -0.25) is 14.7 Å². The van der Waals surface area contributed by atoms with Crippen molar-refractivity contribution in [2.24, 2.45) is 5.92 Å². The largest absolute Gasteiger partial charge is 0.376 e. The Hall–Kier alpha value is -2.24. The van der Waals surface area contributed by atoms with Crippen molar-refractivity contribution in [1.29, 1.82) is 0 Å². The highest BCUT2D eigenvalue weighted by Gasteiger charge is 2.31. The summed E-state index contributed by atoms with van der Waals surface area (Å²) in [5.41, 5.74) is 4.20. The molecule has 33 heavy (non-hydrogen) atoms. The predicted octanol–water partition coefficient (Wildman–Crippen LogP) is 3.90. The van der Waals surface area contributed by atoms with Crippen molar-refractivity contribution in [3.63, 3.8) is 0 Å². The maximum absolute atomic E-state index is 13.2. The monoisotopic (exact) mass is 447 g/mol. The average Bonchev–Trinajstić information content (AvgIpc) is 3.53. The number of carbonyl (C=O) groups excluding carboxylic acids is 1. The number of likely N-dealkylation sites (tertiary alicyclic amines) is 1. The first-order chi connectivity index (χ1) is 16.2. The molecule has 3 aliphatic rings. The number of amides is 1. The van der Waals surface area contributed by atoms with Crippen molar-refractivity contribution >= 4 is 5.91 Å². The van der Waals surface area contributed by atoms with Crippen LogP contribution in [0.2, 0.25) is 0 Å². The lowest BCUT2D eigenvalue weighted by Crippen LogP contribution is -2.46. The van der Waals surface area contributed by atoms with Crippen LogP contribution in [0.25, 0.3) is 0 Å². The van der Waals surface area contributed by atoms with Gasteiger partial charge in [-0.15, -0.1) is 0 Å². The number of aromatic nitrogens is 1. The fourth-order valence-corrected chi connectivity index (χ4v) is 5.87. The van der Waals surface area contributed by atoms with Crippen molar-refractivity contribution < 1.29 is 9.53 Å². The highest BCUT2D eigenvalue weighted by molar-refractivity contribution is 5.76. The van der Waals surface area contributed by atoms with E-state index in [-0.39, 0.29) is 12.0 Å². The number of hydrogen-bond donors (Lipinski definition) is 0. The van der Waals surface area contributed by atoms with Crippen LogP contribution >= 0.6 is 0 Å². The lowest BCUT2D eigenvalue weighted by atomic mass is 9.94. The number of hydrogen-bond acceptors (Lipinski definition) is 4. The molecule has 1 amide bonds. The van der Waals surface area contributed by atoms with Gasteiger partial charge < -0.3 is 9.64 Å². The molecule has 2 aliphatic heterocycles. The van der Waals surface area contributed by atoms with Gasteiger partial charge in [0.15, 0.2) is 0 Å². The summed E-state index contributed by atoms with van der Waals surface area (Å²) >= 11 is 0. The van der Waals surface area contributed by atoms with E-state index in [1.54, 1.807) is 6.20 Å². The van der Waals surface area contributed by atoms with Crippen LogP contribution in [0.15, 0.2) is 48.8 Å². The van der Waals surface area contributed by atoms with Gasteiger partial charge in [0.05, 0.1) is 6.10 Å². The smallest absolute Gasteiger partial charge is 0.222 e. The Kier molecular flexibility index (Phi) is 7.37. The van der Waals surface area contributed by atoms with E-state index in [4.69, 9.17) is 4.74 Å². The first-order valence-electron chi connectivity index (χ1n) is 12.8. The number of carbonyl (C=O) groups is 1. The summed E-state index contributed by atoms with van der Waals surface area (Å²) < 4.78 is 5.89. The summed E-state index contributed by atoms with van der Waals surface area (Å²) in [5.74, 6) is 0.858. The molecule has 1 aromatic carbocycles. The molecule has 1 aromatic heterocycles. The van der Waals surface area contributed by atoms with Crippen molar-refractivity contribution in [2.45, 2.75) is 63.5 Å². The van der Waals surface area contributed by atoms with Gasteiger partial charge in [0.25, 0.3) is 0 Å². The van der Waals surface area contributed by atoms with Gasteiger partial charge in [0, 0.05) is 44.6 Å². The summed E-state index contributed by atoms with van der Waals surface area (Å²) in [6.45, 7) is 4.78. The Morgan fingerprint density at radius 2 is 1.82 bits per heavy atom. The number of rotatable bonds is 8. The Morgan fingerprint density at radius 3 is 2.48 bits per heavy atom. The fourth-order valence-electron chi connectivity index (χ4n) is 5.87. The van der Waals surface area contributed by atoms with E-state index >= 15 is 0 Å². The Balaban J connectivity index is 1.14. The van der Waals surface area contributed by atoms with Gasteiger partial charge in [-0.1, -0.05) is 30.3 Å². The molecule has 0 N–H and O–H groups in total. The number of aryl methyl sites for hydroxylation is 1. The highest BCUT2D eigenvalue weighted by Crippen LogP contribution is 2.29. The summed E-state index contributed by atoms with van der Waals surface area (Å²) in [6, 6.07) is 13.6. The van der Waals surface area contributed by atoms with E-state index in [2.05, 4.69) is 45.1 Å². The number of nitrogens with zero attached hydrogens (tertiary/aromatic N) is 3. The van der Waals surface area contributed by atoms with Gasteiger partial charge in [0.1, 0.15) is 0 Å². The molecule has 0 saturated carbocycles. The van der Waals surface area contributed by atoms with Crippen molar-refractivity contribution in [3.8, 4) is 0 Å². The van der Waals surface area contributed by atoms with Crippen LogP contribution in [0.1, 0.15) is 48.8 Å². The molecule has 1 unspecified atom stereocenters. The van der Waals surface area contributed by atoms with Gasteiger partial charge in [0.2, 0.25) is 5.91 Å². The van der Waals surface area contributed by atoms with E-state index in [9.17, 15) is 4.79 Å². The van der Waals surface area contributed by atoms with Crippen LogP contribution in [-0.4, -0.2) is 65.6 Å². The van der Waals surface area contributed by atoms with Crippen LogP contribution < -0.4 is 0 Å². The van der Waals surface area contributed by atoms with E-state index in [0.717, 1.165) is 57.6 Å². The number of pyridine rings is 1. The number of fused-ring (bicyclic) bond motifs is 1. The SMILES string of the molecule is O=C(CCc1cccnc1)N(CC1CCN(C2Cc3ccccc3C2)CC1)CC1CCCO1. The van der Waals surface area contributed by atoms with Gasteiger partial charge in [-0.05, 0) is 86.7 Å². The van der Waals surface area contributed by atoms with Crippen LogP contribution in [-0.2, 0) is 28.8 Å².